The van der Waals surface area contributed by atoms with Gasteiger partial charge in [0.25, 0.3) is 0 Å². The predicted molar refractivity (Wildman–Crippen MR) is 224 cm³/mol. The zero-order valence-corrected chi connectivity index (χ0v) is 35.4. The van der Waals surface area contributed by atoms with E-state index < -0.39 is 18.3 Å². The van der Waals surface area contributed by atoms with Crippen molar-refractivity contribution in [2.75, 3.05) is 27.9 Å². The number of unbranched alkanes of at least 4 members (excludes halogenated alkanes) is 17. The number of ether oxygens (including phenoxy) is 5. The fourth-order valence-corrected chi connectivity index (χ4v) is 8.31. The zero-order chi connectivity index (χ0) is 39.4. The van der Waals surface area contributed by atoms with E-state index in [1.54, 1.807) is 14.2 Å². The zero-order valence-electron chi connectivity index (χ0n) is 35.4. The summed E-state index contributed by atoms with van der Waals surface area (Å²) in [6.45, 7) is 9.12. The molecule has 1 aliphatic heterocycles. The van der Waals surface area contributed by atoms with Crippen LogP contribution in [0, 0.1) is 29.6 Å². The molecular weight excluding hydrogens is 687 g/mol. The summed E-state index contributed by atoms with van der Waals surface area (Å²) < 4.78 is 33.2. The van der Waals surface area contributed by atoms with Gasteiger partial charge in [-0.25, -0.2) is 4.79 Å². The standard InChI is InChI=1S/C48H71NO6/c1-8-11-13-15-17-19-21-23-25-27-32-54-42-33-38-30-31-39-45-40(36(4)46(51-5)47(39)52-6)35-41(48(50)53-7)49(45)44(55-43(38)34-37(42)28-10-3)29-26-24-22-20-18-16-14-12-9-2/h33-35,37,42,44,46-47H,8-9,11-27,29,32H2,1-7H3. The molecule has 4 rings (SSSR count). The number of hydrogen-bond acceptors (Lipinski definition) is 6. The molecule has 0 radical (unpaired) electrons. The van der Waals surface area contributed by atoms with Crippen molar-refractivity contribution < 1.29 is 28.5 Å². The number of carbonyl (C=O) groups excluding carboxylic acids is 1. The van der Waals surface area contributed by atoms with Crippen LogP contribution >= 0.6 is 0 Å². The molecule has 2 aliphatic carbocycles. The van der Waals surface area contributed by atoms with Crippen LogP contribution in [0.15, 0.2) is 29.6 Å². The molecule has 304 valence electrons. The molecule has 0 aromatic carbocycles. The number of carbonyl (C=O) groups is 1. The number of rotatable bonds is 25. The quantitative estimate of drug-likeness (QED) is 0.0562. The lowest BCUT2D eigenvalue weighted by molar-refractivity contribution is 0.0210. The van der Waals surface area contributed by atoms with Gasteiger partial charge in [-0.3, -0.25) is 4.57 Å². The molecule has 1 aromatic rings. The van der Waals surface area contributed by atoms with E-state index >= 15 is 0 Å². The lowest BCUT2D eigenvalue weighted by Gasteiger charge is -2.30. The second-order valence-electron chi connectivity index (χ2n) is 15.6. The SMILES string of the molecule is CC#CC1C=C2OC(CCCCCCCCCCC)n3c(C(=O)OC)cc4c3=C(C#CC2=CC1OCCCCCCCCCCCC)C(OC)C(OC)C=4C. The summed E-state index contributed by atoms with van der Waals surface area (Å²) >= 11 is 0. The molecule has 7 heteroatoms. The highest BCUT2D eigenvalue weighted by Gasteiger charge is 2.36. The van der Waals surface area contributed by atoms with Crippen LogP contribution in [-0.2, 0) is 23.7 Å². The van der Waals surface area contributed by atoms with E-state index in [9.17, 15) is 4.79 Å². The van der Waals surface area contributed by atoms with Gasteiger partial charge >= 0.3 is 5.97 Å². The number of allylic oxidation sites excluding steroid dienone is 1. The average Bonchev–Trinajstić information content (AvgIpc) is 3.61. The highest BCUT2D eigenvalue weighted by atomic mass is 16.5. The Morgan fingerprint density at radius 3 is 1.93 bits per heavy atom. The molecule has 5 atom stereocenters. The second kappa shape index (κ2) is 24.4. The minimum atomic E-state index is -0.488. The number of aromatic nitrogens is 1. The van der Waals surface area contributed by atoms with E-state index in [0.29, 0.717) is 24.5 Å². The minimum absolute atomic E-state index is 0.179. The highest BCUT2D eigenvalue weighted by molar-refractivity contribution is 5.89. The van der Waals surface area contributed by atoms with Crippen molar-refractivity contribution in [2.45, 2.75) is 181 Å². The first-order chi connectivity index (χ1) is 26.9. The van der Waals surface area contributed by atoms with Gasteiger partial charge in [-0.2, -0.15) is 0 Å². The first-order valence-electron chi connectivity index (χ1n) is 21.7. The summed E-state index contributed by atoms with van der Waals surface area (Å²) in [5.41, 5.74) is 2.96. The first kappa shape index (κ1) is 44.5. The normalized spacial score (nSPS) is 21.3. The van der Waals surface area contributed by atoms with E-state index in [-0.39, 0.29) is 18.1 Å². The number of fused-ring (bicyclic) bond motifs is 1. The van der Waals surface area contributed by atoms with E-state index in [0.717, 1.165) is 46.5 Å². The van der Waals surface area contributed by atoms with Gasteiger partial charge in [0.05, 0.1) is 35.6 Å². The number of nitrogens with zero attached hydrogens (tertiary/aromatic N) is 1. The Morgan fingerprint density at radius 2 is 1.36 bits per heavy atom. The molecule has 5 unspecified atom stereocenters. The van der Waals surface area contributed by atoms with Crippen molar-refractivity contribution in [3.63, 3.8) is 0 Å². The Morgan fingerprint density at radius 1 is 0.782 bits per heavy atom. The molecule has 1 aromatic heterocycles. The molecule has 0 spiro atoms. The van der Waals surface area contributed by atoms with Crippen molar-refractivity contribution >= 4 is 17.1 Å². The van der Waals surface area contributed by atoms with Crippen LogP contribution in [-0.4, -0.2) is 56.8 Å². The summed E-state index contributed by atoms with van der Waals surface area (Å²) in [4.78, 5) is 13.5. The lowest BCUT2D eigenvalue weighted by atomic mass is 9.90. The summed E-state index contributed by atoms with van der Waals surface area (Å²) in [7, 11) is 4.81. The summed E-state index contributed by atoms with van der Waals surface area (Å²) in [6.07, 6.45) is 27.1. The van der Waals surface area contributed by atoms with Gasteiger partial charge < -0.3 is 23.7 Å². The predicted octanol–water partition coefficient (Wildman–Crippen LogP) is 9.86. The molecule has 0 bridgehead atoms. The molecule has 3 aliphatic rings. The van der Waals surface area contributed by atoms with Crippen LogP contribution in [0.2, 0.25) is 0 Å². The Labute approximate surface area is 333 Å². The second-order valence-corrected chi connectivity index (χ2v) is 15.6. The van der Waals surface area contributed by atoms with E-state index in [2.05, 4.69) is 49.7 Å². The van der Waals surface area contributed by atoms with Gasteiger partial charge in [-0.15, -0.1) is 5.92 Å². The van der Waals surface area contributed by atoms with Crippen LogP contribution in [0.25, 0.3) is 11.1 Å². The summed E-state index contributed by atoms with van der Waals surface area (Å²) in [6, 6.07) is 1.92. The maximum Gasteiger partial charge on any atom is 0.354 e. The molecule has 55 heavy (non-hydrogen) atoms. The van der Waals surface area contributed by atoms with Gasteiger partial charge in [0.1, 0.15) is 23.7 Å². The maximum absolute atomic E-state index is 13.5. The smallest absolute Gasteiger partial charge is 0.354 e. The van der Waals surface area contributed by atoms with Crippen molar-refractivity contribution in [1.82, 2.24) is 4.57 Å². The molecule has 2 heterocycles. The molecule has 0 saturated carbocycles. The van der Waals surface area contributed by atoms with Gasteiger partial charge in [0.15, 0.2) is 6.23 Å². The van der Waals surface area contributed by atoms with Crippen LogP contribution in [0.3, 0.4) is 0 Å². The fourth-order valence-electron chi connectivity index (χ4n) is 8.31. The Kier molecular flexibility index (Phi) is 19.7. The lowest BCUT2D eigenvalue weighted by Crippen LogP contribution is -2.48. The number of methoxy groups -OCH3 is 3. The van der Waals surface area contributed by atoms with Crippen LogP contribution in [0.4, 0.5) is 0 Å². The minimum Gasteiger partial charge on any atom is -0.469 e. The Balaban J connectivity index is 1.63. The topological polar surface area (TPSA) is 68.2 Å². The Bertz CT molecular complexity index is 1680. The first-order valence-corrected chi connectivity index (χ1v) is 21.7. The van der Waals surface area contributed by atoms with Crippen LogP contribution < -0.4 is 10.6 Å². The van der Waals surface area contributed by atoms with Crippen LogP contribution in [0.1, 0.15) is 173 Å². The largest absolute Gasteiger partial charge is 0.469 e. The van der Waals surface area contributed by atoms with Crippen molar-refractivity contribution in [3.05, 3.63) is 45.8 Å². The van der Waals surface area contributed by atoms with Gasteiger partial charge in [0, 0.05) is 32.5 Å². The van der Waals surface area contributed by atoms with E-state index in [1.807, 2.05) is 24.5 Å². The molecule has 0 amide bonds. The van der Waals surface area contributed by atoms with Crippen molar-refractivity contribution in [3.8, 4) is 23.7 Å². The van der Waals surface area contributed by atoms with Crippen molar-refractivity contribution in [2.24, 2.45) is 5.92 Å². The van der Waals surface area contributed by atoms with Gasteiger partial charge in [-0.05, 0) is 50.5 Å². The van der Waals surface area contributed by atoms with E-state index in [1.165, 1.54) is 110 Å². The highest BCUT2D eigenvalue weighted by Crippen LogP contribution is 2.33. The molecular formula is C48H71NO6. The molecule has 0 fully saturated rings. The fraction of sp³-hybridized carbons (Fsp3) is 0.688. The third-order valence-corrected chi connectivity index (χ3v) is 11.4. The third kappa shape index (κ3) is 12.4. The summed E-state index contributed by atoms with van der Waals surface area (Å²) in [5, 5.41) is 1.75. The molecule has 0 saturated heterocycles. The Hall–Kier alpha value is -3.23. The number of hydrogen-bond donors (Lipinski definition) is 0. The summed E-state index contributed by atoms with van der Waals surface area (Å²) in [5.74, 6) is 13.6. The van der Waals surface area contributed by atoms with Gasteiger partial charge in [0.2, 0.25) is 0 Å². The van der Waals surface area contributed by atoms with Crippen molar-refractivity contribution in [1.29, 1.82) is 0 Å². The van der Waals surface area contributed by atoms with Crippen LogP contribution in [0.5, 0.6) is 0 Å². The monoisotopic (exact) mass is 758 g/mol. The maximum atomic E-state index is 13.5. The van der Waals surface area contributed by atoms with E-state index in [4.69, 9.17) is 23.7 Å². The average molecular weight is 758 g/mol. The number of esters is 1. The third-order valence-electron chi connectivity index (χ3n) is 11.4. The molecule has 0 N–H and O–H groups in total. The van der Waals surface area contributed by atoms with Gasteiger partial charge in [-0.1, -0.05) is 141 Å². The molecule has 7 nitrogen and oxygen atoms in total.